The predicted octanol–water partition coefficient (Wildman–Crippen LogP) is 2.99. The summed E-state index contributed by atoms with van der Waals surface area (Å²) in [7, 11) is 0. The normalized spacial score (nSPS) is 15.4. The molecular weight excluding hydrogens is 248 g/mol. The van der Waals surface area contributed by atoms with Gasteiger partial charge in [0.15, 0.2) is 0 Å². The Morgan fingerprint density at radius 1 is 1.25 bits per heavy atom. The lowest BCUT2D eigenvalue weighted by molar-refractivity contribution is 0.421. The minimum Gasteiger partial charge on any atom is -0.355 e. The van der Waals surface area contributed by atoms with Crippen LogP contribution in [0.4, 0.5) is 5.82 Å². The van der Waals surface area contributed by atoms with E-state index in [1.807, 2.05) is 12.4 Å². The Morgan fingerprint density at radius 3 is 2.50 bits per heavy atom. The molecular formula is C16H28N4. The lowest BCUT2D eigenvalue weighted by atomic mass is 10.1. The highest BCUT2D eigenvalue weighted by molar-refractivity contribution is 5.36. The van der Waals surface area contributed by atoms with E-state index in [4.69, 9.17) is 0 Å². The first-order valence-corrected chi connectivity index (χ1v) is 7.79. The molecule has 4 nitrogen and oxygen atoms in total. The van der Waals surface area contributed by atoms with E-state index in [0.29, 0.717) is 0 Å². The number of rotatable bonds is 7. The van der Waals surface area contributed by atoms with Crippen molar-refractivity contribution >= 4 is 5.82 Å². The van der Waals surface area contributed by atoms with Crippen molar-refractivity contribution < 1.29 is 0 Å². The molecule has 2 rings (SSSR count). The van der Waals surface area contributed by atoms with Crippen LogP contribution in [0.25, 0.3) is 0 Å². The first-order chi connectivity index (χ1) is 9.48. The van der Waals surface area contributed by atoms with Gasteiger partial charge in [-0.05, 0) is 46.0 Å². The van der Waals surface area contributed by atoms with Crippen molar-refractivity contribution in [2.24, 2.45) is 5.92 Å². The quantitative estimate of drug-likeness (QED) is 0.831. The average Bonchev–Trinajstić information content (AvgIpc) is 3.20. The molecule has 4 heteroatoms. The Balaban J connectivity index is 1.94. The first kappa shape index (κ1) is 15.2. The summed E-state index contributed by atoms with van der Waals surface area (Å²) in [5.74, 6) is 1.91. The fourth-order valence-corrected chi connectivity index (χ4v) is 2.14. The van der Waals surface area contributed by atoms with Crippen LogP contribution in [0.15, 0.2) is 12.4 Å². The standard InChI is InChI=1S/C16H28N4/c1-5-8-20(12-13-6-7-13)15-11-17-14(9-18-15)10-19-16(2,3)4/h9,11,13,19H,5-8,10,12H2,1-4H3. The zero-order valence-corrected chi connectivity index (χ0v) is 13.3. The number of nitrogens with zero attached hydrogens (tertiary/aromatic N) is 3. The van der Waals surface area contributed by atoms with Crippen molar-refractivity contribution in [3.63, 3.8) is 0 Å². The molecule has 0 saturated heterocycles. The SMILES string of the molecule is CCCN(CC1CC1)c1cnc(CNC(C)(C)C)cn1. The smallest absolute Gasteiger partial charge is 0.147 e. The molecule has 1 N–H and O–H groups in total. The summed E-state index contributed by atoms with van der Waals surface area (Å²) in [5.41, 5.74) is 1.12. The fourth-order valence-electron chi connectivity index (χ4n) is 2.14. The van der Waals surface area contributed by atoms with Crippen LogP contribution in [0.3, 0.4) is 0 Å². The highest BCUT2D eigenvalue weighted by Crippen LogP contribution is 2.30. The fraction of sp³-hybridized carbons (Fsp3) is 0.750. The molecule has 0 amide bonds. The van der Waals surface area contributed by atoms with Crippen LogP contribution in [0.5, 0.6) is 0 Å². The van der Waals surface area contributed by atoms with Crippen LogP contribution in [-0.2, 0) is 6.54 Å². The van der Waals surface area contributed by atoms with E-state index in [2.05, 4.69) is 47.9 Å². The highest BCUT2D eigenvalue weighted by atomic mass is 15.2. The second kappa shape index (κ2) is 6.53. The molecule has 112 valence electrons. The Labute approximate surface area is 123 Å². The van der Waals surface area contributed by atoms with Gasteiger partial charge < -0.3 is 10.2 Å². The molecule has 1 aromatic rings. The van der Waals surface area contributed by atoms with E-state index in [1.54, 1.807) is 0 Å². The molecule has 1 fully saturated rings. The molecule has 0 spiro atoms. The Hall–Kier alpha value is -1.16. The van der Waals surface area contributed by atoms with E-state index < -0.39 is 0 Å². The maximum absolute atomic E-state index is 4.60. The molecule has 1 saturated carbocycles. The van der Waals surface area contributed by atoms with Crippen LogP contribution < -0.4 is 10.2 Å². The molecule has 0 unspecified atom stereocenters. The second-order valence-electron chi connectivity index (χ2n) is 6.86. The Morgan fingerprint density at radius 2 is 2.00 bits per heavy atom. The highest BCUT2D eigenvalue weighted by Gasteiger charge is 2.24. The summed E-state index contributed by atoms with van der Waals surface area (Å²) < 4.78 is 0. The number of anilines is 1. The summed E-state index contributed by atoms with van der Waals surface area (Å²) in [6.45, 7) is 11.7. The molecule has 1 aromatic heterocycles. The lowest BCUT2D eigenvalue weighted by Gasteiger charge is -2.23. The average molecular weight is 276 g/mol. The molecule has 0 radical (unpaired) electrons. The molecule has 0 aliphatic heterocycles. The summed E-state index contributed by atoms with van der Waals surface area (Å²) in [6, 6.07) is 0. The molecule has 20 heavy (non-hydrogen) atoms. The first-order valence-electron chi connectivity index (χ1n) is 7.79. The van der Waals surface area contributed by atoms with E-state index in [0.717, 1.165) is 43.5 Å². The van der Waals surface area contributed by atoms with E-state index in [9.17, 15) is 0 Å². The molecule has 0 aromatic carbocycles. The monoisotopic (exact) mass is 276 g/mol. The second-order valence-corrected chi connectivity index (χ2v) is 6.86. The van der Waals surface area contributed by atoms with Gasteiger partial charge >= 0.3 is 0 Å². The number of hydrogen-bond donors (Lipinski definition) is 1. The minimum absolute atomic E-state index is 0.112. The molecule has 0 atom stereocenters. The van der Waals surface area contributed by atoms with Gasteiger partial charge in [-0.2, -0.15) is 0 Å². The largest absolute Gasteiger partial charge is 0.355 e. The van der Waals surface area contributed by atoms with E-state index in [-0.39, 0.29) is 5.54 Å². The van der Waals surface area contributed by atoms with Crippen molar-refractivity contribution in [2.45, 2.75) is 59.0 Å². The summed E-state index contributed by atoms with van der Waals surface area (Å²) in [5, 5.41) is 3.44. The van der Waals surface area contributed by atoms with Crippen LogP contribution >= 0.6 is 0 Å². The molecule has 1 aliphatic carbocycles. The molecule has 0 bridgehead atoms. The number of nitrogens with one attached hydrogen (secondary N) is 1. The van der Waals surface area contributed by atoms with E-state index >= 15 is 0 Å². The van der Waals surface area contributed by atoms with E-state index in [1.165, 1.54) is 12.8 Å². The predicted molar refractivity (Wildman–Crippen MR) is 83.9 cm³/mol. The third-order valence-corrected chi connectivity index (χ3v) is 3.48. The van der Waals surface area contributed by atoms with Crippen molar-refractivity contribution in [3.05, 3.63) is 18.1 Å². The van der Waals surface area contributed by atoms with Gasteiger partial charge in [0, 0.05) is 25.2 Å². The van der Waals surface area contributed by atoms with Crippen molar-refractivity contribution in [1.82, 2.24) is 15.3 Å². The lowest BCUT2D eigenvalue weighted by Crippen LogP contribution is -2.35. The summed E-state index contributed by atoms with van der Waals surface area (Å²) in [6.07, 6.45) is 7.74. The third-order valence-electron chi connectivity index (χ3n) is 3.48. The van der Waals surface area contributed by atoms with Gasteiger partial charge in [0.05, 0.1) is 18.1 Å². The summed E-state index contributed by atoms with van der Waals surface area (Å²) in [4.78, 5) is 11.5. The van der Waals surface area contributed by atoms with Gasteiger partial charge in [0.25, 0.3) is 0 Å². The zero-order chi connectivity index (χ0) is 14.6. The summed E-state index contributed by atoms with van der Waals surface area (Å²) >= 11 is 0. The van der Waals surface area contributed by atoms with Gasteiger partial charge in [0.2, 0.25) is 0 Å². The van der Waals surface area contributed by atoms with Crippen LogP contribution in [0.1, 0.15) is 52.7 Å². The van der Waals surface area contributed by atoms with Gasteiger partial charge in [-0.25, -0.2) is 4.98 Å². The maximum atomic E-state index is 4.60. The minimum atomic E-state index is 0.112. The van der Waals surface area contributed by atoms with Crippen LogP contribution in [-0.4, -0.2) is 28.6 Å². The molecule has 1 heterocycles. The van der Waals surface area contributed by atoms with Crippen molar-refractivity contribution in [2.75, 3.05) is 18.0 Å². The van der Waals surface area contributed by atoms with Gasteiger partial charge in [-0.1, -0.05) is 6.92 Å². The molecule has 1 aliphatic rings. The van der Waals surface area contributed by atoms with Crippen molar-refractivity contribution in [1.29, 1.82) is 0 Å². The number of aromatic nitrogens is 2. The van der Waals surface area contributed by atoms with Crippen LogP contribution in [0.2, 0.25) is 0 Å². The van der Waals surface area contributed by atoms with Crippen molar-refractivity contribution in [3.8, 4) is 0 Å². The van der Waals surface area contributed by atoms with Gasteiger partial charge in [-0.3, -0.25) is 4.98 Å². The Bertz CT molecular complexity index is 403. The topological polar surface area (TPSA) is 41.1 Å². The Kier molecular flexibility index (Phi) is 4.97. The zero-order valence-electron chi connectivity index (χ0n) is 13.3. The van der Waals surface area contributed by atoms with Gasteiger partial charge in [0.1, 0.15) is 5.82 Å². The van der Waals surface area contributed by atoms with Crippen LogP contribution in [0, 0.1) is 5.92 Å². The third kappa shape index (κ3) is 5.08. The maximum Gasteiger partial charge on any atom is 0.147 e. The number of hydrogen-bond acceptors (Lipinski definition) is 4. The van der Waals surface area contributed by atoms with Gasteiger partial charge in [-0.15, -0.1) is 0 Å².